The lowest BCUT2D eigenvalue weighted by Crippen LogP contribution is -2.14. The van der Waals surface area contributed by atoms with Crippen molar-refractivity contribution in [3.63, 3.8) is 0 Å². The second-order valence-electron chi connectivity index (χ2n) is 4.75. The van der Waals surface area contributed by atoms with Gasteiger partial charge in [0.1, 0.15) is 5.75 Å². The third-order valence-electron chi connectivity index (χ3n) is 3.32. The lowest BCUT2D eigenvalue weighted by atomic mass is 10.1. The maximum absolute atomic E-state index is 8.82. The maximum atomic E-state index is 8.82. The van der Waals surface area contributed by atoms with Gasteiger partial charge in [-0.1, -0.05) is 24.9 Å². The minimum Gasteiger partial charge on any atom is -0.496 e. The van der Waals surface area contributed by atoms with Gasteiger partial charge in [0.15, 0.2) is 5.84 Å². The van der Waals surface area contributed by atoms with Gasteiger partial charge < -0.3 is 15.7 Å². The molecule has 0 saturated carbocycles. The number of amidine groups is 1. The van der Waals surface area contributed by atoms with Crippen molar-refractivity contribution in [3.05, 3.63) is 23.9 Å². The van der Waals surface area contributed by atoms with E-state index in [1.807, 2.05) is 16.8 Å². The Morgan fingerprint density at radius 1 is 1.43 bits per heavy atom. The smallest absolute Gasteiger partial charge is 0.373 e. The number of unbranched alkanes of at least 4 members (excludes halogenated alkanes) is 2. The Kier molecular flexibility index (Phi) is 7.29. The normalized spacial score (nSPS) is 10.8. The molecule has 0 radical (unpaired) electrons. The molecule has 0 aliphatic heterocycles. The molecule has 124 valence electrons. The first-order valence-electron chi connectivity index (χ1n) is 7.13. The van der Waals surface area contributed by atoms with E-state index in [4.69, 9.17) is 25.3 Å². The number of benzene rings is 1. The molecule has 0 bridgehead atoms. The van der Waals surface area contributed by atoms with Gasteiger partial charge in [-0.3, -0.25) is 4.68 Å². The Morgan fingerprint density at radius 3 is 2.70 bits per heavy atom. The van der Waals surface area contributed by atoms with E-state index in [2.05, 4.69) is 17.2 Å². The molecule has 8 heteroatoms. The van der Waals surface area contributed by atoms with Gasteiger partial charge in [-0.15, -0.1) is 0 Å². The molecule has 23 heavy (non-hydrogen) atoms. The van der Waals surface area contributed by atoms with E-state index in [9.17, 15) is 0 Å². The highest BCUT2D eigenvalue weighted by Crippen LogP contribution is 2.26. The maximum Gasteiger partial charge on any atom is 0.373 e. The van der Waals surface area contributed by atoms with Crippen LogP contribution >= 0.6 is 0 Å². The average molecular weight is 320 g/mol. The lowest BCUT2D eigenvalue weighted by molar-refractivity contribution is -0.191. The van der Waals surface area contributed by atoms with Gasteiger partial charge in [-0.2, -0.15) is 14.7 Å². The fourth-order valence-corrected chi connectivity index (χ4v) is 2.22. The fourth-order valence-electron chi connectivity index (χ4n) is 2.22. The standard InChI is InChI=1S/C14H20N4O2.CO2/c1-3-4-5-6-18-12-8-13(20-2)11(14(15)17-19)7-10(12)9-16-18;2-1-3/h7-9,19H,3-6H2,1-2H3,(H2,15,17);. The summed E-state index contributed by atoms with van der Waals surface area (Å²) in [5.74, 6) is 0.604. The Bertz CT molecular complexity index is 703. The van der Waals surface area contributed by atoms with Crippen molar-refractivity contribution in [2.24, 2.45) is 10.9 Å². The van der Waals surface area contributed by atoms with Crippen LogP contribution in [-0.4, -0.2) is 34.1 Å². The van der Waals surface area contributed by atoms with Crippen LogP contribution < -0.4 is 10.5 Å². The summed E-state index contributed by atoms with van der Waals surface area (Å²) in [6.07, 6.45) is 5.49. The third-order valence-corrected chi connectivity index (χ3v) is 3.32. The summed E-state index contributed by atoms with van der Waals surface area (Å²) < 4.78 is 7.28. The first-order valence-corrected chi connectivity index (χ1v) is 7.13. The summed E-state index contributed by atoms with van der Waals surface area (Å²) in [4.78, 5) is 16.2. The highest BCUT2D eigenvalue weighted by atomic mass is 16.5. The van der Waals surface area contributed by atoms with E-state index in [0.717, 1.165) is 23.9 Å². The van der Waals surface area contributed by atoms with Crippen LogP contribution in [0.2, 0.25) is 0 Å². The largest absolute Gasteiger partial charge is 0.496 e. The van der Waals surface area contributed by atoms with E-state index in [1.165, 1.54) is 12.8 Å². The third kappa shape index (κ3) is 4.55. The van der Waals surface area contributed by atoms with Crippen molar-refractivity contribution < 1.29 is 19.5 Å². The number of fused-ring (bicyclic) bond motifs is 1. The van der Waals surface area contributed by atoms with E-state index >= 15 is 0 Å². The molecule has 1 heterocycles. The van der Waals surface area contributed by atoms with Crippen LogP contribution in [0.3, 0.4) is 0 Å². The monoisotopic (exact) mass is 320 g/mol. The second kappa shape index (κ2) is 9.22. The quantitative estimate of drug-likeness (QED) is 0.275. The molecule has 0 saturated heterocycles. The van der Waals surface area contributed by atoms with Crippen molar-refractivity contribution in [2.45, 2.75) is 32.7 Å². The molecule has 0 fully saturated rings. The number of hydrogen-bond donors (Lipinski definition) is 2. The van der Waals surface area contributed by atoms with Crippen molar-refractivity contribution in [2.75, 3.05) is 7.11 Å². The van der Waals surface area contributed by atoms with Crippen LogP contribution in [0.15, 0.2) is 23.5 Å². The molecule has 3 N–H and O–H groups in total. The summed E-state index contributed by atoms with van der Waals surface area (Å²) in [5.41, 5.74) is 7.22. The minimum absolute atomic E-state index is 0.0301. The van der Waals surface area contributed by atoms with E-state index < -0.39 is 0 Å². The molecule has 0 atom stereocenters. The van der Waals surface area contributed by atoms with Crippen molar-refractivity contribution in [1.29, 1.82) is 0 Å². The number of aryl methyl sites for hydroxylation is 1. The van der Waals surface area contributed by atoms with Crippen molar-refractivity contribution >= 4 is 22.9 Å². The second-order valence-corrected chi connectivity index (χ2v) is 4.75. The number of nitrogens with zero attached hydrogens (tertiary/aromatic N) is 3. The van der Waals surface area contributed by atoms with Gasteiger partial charge in [0.25, 0.3) is 0 Å². The van der Waals surface area contributed by atoms with Crippen LogP contribution in [0.25, 0.3) is 10.9 Å². The van der Waals surface area contributed by atoms with E-state index in [0.29, 0.717) is 11.3 Å². The summed E-state index contributed by atoms with van der Waals surface area (Å²) in [5, 5.41) is 17.2. The van der Waals surface area contributed by atoms with Crippen LogP contribution in [0.1, 0.15) is 31.7 Å². The van der Waals surface area contributed by atoms with Crippen LogP contribution in [0.5, 0.6) is 5.75 Å². The highest BCUT2D eigenvalue weighted by Gasteiger charge is 2.12. The molecule has 1 aromatic heterocycles. The molecule has 2 rings (SSSR count). The zero-order valence-electron chi connectivity index (χ0n) is 13.2. The first-order chi connectivity index (χ1) is 11.1. The molecular formula is C15H20N4O4. The number of aromatic nitrogens is 2. The van der Waals surface area contributed by atoms with Gasteiger partial charge in [0.05, 0.1) is 24.4 Å². The summed E-state index contributed by atoms with van der Waals surface area (Å²) >= 11 is 0. The molecule has 0 unspecified atom stereocenters. The molecule has 0 spiro atoms. The molecule has 8 nitrogen and oxygen atoms in total. The fraction of sp³-hybridized carbons (Fsp3) is 0.400. The molecule has 2 aromatic rings. The molecule has 0 aliphatic rings. The van der Waals surface area contributed by atoms with Gasteiger partial charge in [-0.05, 0) is 12.5 Å². The Labute approximate surface area is 133 Å². The lowest BCUT2D eigenvalue weighted by Gasteiger charge is -2.09. The zero-order chi connectivity index (χ0) is 17.2. The number of methoxy groups -OCH3 is 1. The Morgan fingerprint density at radius 2 is 2.13 bits per heavy atom. The summed E-state index contributed by atoms with van der Waals surface area (Å²) in [6, 6.07) is 3.70. The number of ether oxygens (including phenoxy) is 1. The number of oxime groups is 1. The number of rotatable bonds is 6. The van der Waals surface area contributed by atoms with Crippen molar-refractivity contribution in [3.8, 4) is 5.75 Å². The zero-order valence-corrected chi connectivity index (χ0v) is 13.2. The molecule has 0 amide bonds. The SMILES string of the molecule is CCCCCn1ncc2cc(/C(N)=N\O)c(OC)cc21.O=C=O. The number of hydrogen-bond acceptors (Lipinski definition) is 6. The Balaban J connectivity index is 0.000000816. The molecular weight excluding hydrogens is 300 g/mol. The van der Waals surface area contributed by atoms with Gasteiger partial charge in [-0.25, -0.2) is 0 Å². The molecule has 0 aliphatic carbocycles. The predicted molar refractivity (Wildman–Crippen MR) is 83.3 cm³/mol. The van der Waals surface area contributed by atoms with Gasteiger partial charge in [0.2, 0.25) is 0 Å². The summed E-state index contributed by atoms with van der Waals surface area (Å²) in [6.45, 7) is 3.05. The van der Waals surface area contributed by atoms with E-state index in [1.54, 1.807) is 13.3 Å². The van der Waals surface area contributed by atoms with E-state index in [-0.39, 0.29) is 12.0 Å². The van der Waals surface area contributed by atoms with Crippen LogP contribution in [0, 0.1) is 0 Å². The summed E-state index contributed by atoms with van der Waals surface area (Å²) in [7, 11) is 1.56. The van der Waals surface area contributed by atoms with Crippen molar-refractivity contribution in [1.82, 2.24) is 9.78 Å². The average Bonchev–Trinajstić information content (AvgIpc) is 2.96. The van der Waals surface area contributed by atoms with Gasteiger partial charge >= 0.3 is 6.15 Å². The highest BCUT2D eigenvalue weighted by molar-refractivity contribution is 6.03. The first kappa shape index (κ1) is 18.2. The molecule has 1 aromatic carbocycles. The number of carbonyl (C=O) groups excluding carboxylic acids is 2. The topological polar surface area (TPSA) is 120 Å². The van der Waals surface area contributed by atoms with Gasteiger partial charge in [0, 0.05) is 18.0 Å². The van der Waals surface area contributed by atoms with Crippen LogP contribution in [-0.2, 0) is 16.1 Å². The number of nitrogens with two attached hydrogens (primary N) is 1. The Hall–Kier alpha value is -2.86. The minimum atomic E-state index is 0.0301. The van der Waals surface area contributed by atoms with Crippen LogP contribution in [0.4, 0.5) is 0 Å². The predicted octanol–water partition coefficient (Wildman–Crippen LogP) is 1.75.